The number of nitrogen functional groups attached to an aromatic ring is 1. The van der Waals surface area contributed by atoms with Crippen molar-refractivity contribution >= 4 is 34.2 Å². The third-order valence-corrected chi connectivity index (χ3v) is 5.78. The number of nitrogens with two attached hydrogens (primary N) is 1. The number of nitrogens with one attached hydrogen (secondary N) is 1. The third-order valence-electron chi connectivity index (χ3n) is 4.94. The number of amides is 1. The van der Waals surface area contributed by atoms with Crippen molar-refractivity contribution in [1.82, 2.24) is 14.9 Å². The van der Waals surface area contributed by atoms with Gasteiger partial charge in [-0.25, -0.2) is 9.78 Å². The molecule has 0 unspecified atom stereocenters. The third kappa shape index (κ3) is 3.29. The topological polar surface area (TPSA) is 106 Å². The highest BCUT2D eigenvalue weighted by Crippen LogP contribution is 2.35. The second kappa shape index (κ2) is 7.17. The number of nitrogens with zero attached hydrogens (tertiary/aromatic N) is 3. The molecule has 2 aromatic heterocycles. The van der Waals surface area contributed by atoms with Crippen molar-refractivity contribution in [1.29, 1.82) is 5.26 Å². The molecule has 0 spiro atoms. The van der Waals surface area contributed by atoms with Crippen molar-refractivity contribution in [3.05, 3.63) is 45.4 Å². The average Bonchev–Trinajstić information content (AvgIpc) is 3.30. The molecule has 0 fully saturated rings. The molecular weight excluding hydrogens is 374 g/mol. The Morgan fingerprint density at radius 1 is 1.50 bits per heavy atom. The summed E-state index contributed by atoms with van der Waals surface area (Å²) in [6.45, 7) is 4.28. The molecule has 7 nitrogen and oxygen atoms in total. The number of benzene rings is 1. The molecule has 1 aromatic carbocycles. The number of anilines is 1. The summed E-state index contributed by atoms with van der Waals surface area (Å²) < 4.78 is 7.45. The highest BCUT2D eigenvalue weighted by atomic mass is 32.1. The average molecular weight is 395 g/mol. The van der Waals surface area contributed by atoms with Crippen molar-refractivity contribution in [2.45, 2.75) is 45.4 Å². The molecule has 2 heterocycles. The number of aromatic nitrogens is 2. The molecule has 3 aromatic rings. The van der Waals surface area contributed by atoms with Gasteiger partial charge in [-0.15, -0.1) is 11.3 Å². The van der Waals surface area contributed by atoms with Crippen molar-refractivity contribution in [2.75, 3.05) is 5.73 Å². The van der Waals surface area contributed by atoms with E-state index in [4.69, 9.17) is 10.5 Å². The van der Waals surface area contributed by atoms with E-state index in [1.165, 1.54) is 16.9 Å². The van der Waals surface area contributed by atoms with Crippen LogP contribution in [-0.2, 0) is 24.1 Å². The predicted molar refractivity (Wildman–Crippen MR) is 108 cm³/mol. The molecule has 1 amide bonds. The van der Waals surface area contributed by atoms with Crippen LogP contribution in [0.3, 0.4) is 0 Å². The van der Waals surface area contributed by atoms with E-state index in [9.17, 15) is 10.1 Å². The zero-order valence-electron chi connectivity index (χ0n) is 15.7. The van der Waals surface area contributed by atoms with Gasteiger partial charge >= 0.3 is 6.09 Å². The van der Waals surface area contributed by atoms with Crippen LogP contribution < -0.4 is 11.1 Å². The molecule has 0 radical (unpaired) electrons. The fraction of sp³-hybridized carbons (Fsp3) is 0.350. The van der Waals surface area contributed by atoms with Crippen LogP contribution in [0.5, 0.6) is 0 Å². The van der Waals surface area contributed by atoms with Gasteiger partial charge in [-0.1, -0.05) is 0 Å². The van der Waals surface area contributed by atoms with E-state index in [0.29, 0.717) is 30.8 Å². The number of thiazole rings is 1. The standard InChI is InChI=1S/C20H21N5O2S/c1-11(2)27-20(26)24-13-6-15-14-5-12(8-21)3-4-16(14)25(17(15)7-13)9-18-19(22)23-10-28-18/h3-5,10-11,13H,6-7,9,22H2,1-2H3,(H,24,26)/t13-/m0/s1. The first kappa shape index (κ1) is 18.3. The summed E-state index contributed by atoms with van der Waals surface area (Å²) in [4.78, 5) is 17.2. The molecule has 0 saturated heterocycles. The first-order chi connectivity index (χ1) is 13.5. The predicted octanol–water partition coefficient (Wildman–Crippen LogP) is 3.20. The van der Waals surface area contributed by atoms with Crippen LogP contribution in [0.4, 0.5) is 10.6 Å². The molecule has 3 N–H and O–H groups in total. The zero-order chi connectivity index (χ0) is 19.8. The molecule has 1 aliphatic carbocycles. The first-order valence-electron chi connectivity index (χ1n) is 9.15. The maximum atomic E-state index is 12.0. The lowest BCUT2D eigenvalue weighted by Crippen LogP contribution is -2.37. The maximum Gasteiger partial charge on any atom is 0.407 e. The Hall–Kier alpha value is -3.05. The van der Waals surface area contributed by atoms with Crippen molar-refractivity contribution in [3.63, 3.8) is 0 Å². The van der Waals surface area contributed by atoms with Gasteiger partial charge in [0, 0.05) is 29.1 Å². The highest BCUT2D eigenvalue weighted by molar-refractivity contribution is 7.10. The van der Waals surface area contributed by atoms with Crippen molar-refractivity contribution in [3.8, 4) is 6.07 Å². The number of carbonyl (C=O) groups excluding carboxylic acids is 1. The summed E-state index contributed by atoms with van der Waals surface area (Å²) in [7, 11) is 0. The van der Waals surface area contributed by atoms with Gasteiger partial charge in [0.05, 0.1) is 34.7 Å². The van der Waals surface area contributed by atoms with Crippen LogP contribution in [-0.4, -0.2) is 27.8 Å². The van der Waals surface area contributed by atoms with Crippen LogP contribution in [0.2, 0.25) is 0 Å². The van der Waals surface area contributed by atoms with Gasteiger partial charge in [-0.2, -0.15) is 5.26 Å². The molecule has 0 saturated carbocycles. The Balaban J connectivity index is 1.70. The van der Waals surface area contributed by atoms with Gasteiger partial charge in [0.15, 0.2) is 0 Å². The molecule has 28 heavy (non-hydrogen) atoms. The quantitative estimate of drug-likeness (QED) is 0.706. The van der Waals surface area contributed by atoms with E-state index in [1.54, 1.807) is 5.51 Å². The minimum Gasteiger partial charge on any atom is -0.447 e. The summed E-state index contributed by atoms with van der Waals surface area (Å²) in [6, 6.07) is 7.93. The lowest BCUT2D eigenvalue weighted by Gasteiger charge is -2.16. The number of alkyl carbamates (subject to hydrolysis) is 1. The molecule has 4 rings (SSSR count). The van der Waals surface area contributed by atoms with Crippen molar-refractivity contribution in [2.24, 2.45) is 0 Å². The van der Waals surface area contributed by atoms with Gasteiger partial charge < -0.3 is 20.4 Å². The summed E-state index contributed by atoms with van der Waals surface area (Å²) in [5.41, 5.74) is 11.8. The molecule has 144 valence electrons. The Morgan fingerprint density at radius 3 is 3.00 bits per heavy atom. The maximum absolute atomic E-state index is 12.0. The number of hydrogen-bond acceptors (Lipinski definition) is 6. The van der Waals surface area contributed by atoms with Gasteiger partial charge in [-0.05, 0) is 44.0 Å². The Bertz CT molecular complexity index is 1090. The number of rotatable bonds is 4. The van der Waals surface area contributed by atoms with Crippen LogP contribution in [0, 0.1) is 11.3 Å². The second-order valence-electron chi connectivity index (χ2n) is 7.22. The van der Waals surface area contributed by atoms with E-state index in [2.05, 4.69) is 20.9 Å². The Labute approximate surface area is 166 Å². The second-order valence-corrected chi connectivity index (χ2v) is 8.16. The van der Waals surface area contributed by atoms with Crippen LogP contribution in [0.25, 0.3) is 10.9 Å². The van der Waals surface area contributed by atoms with Gasteiger partial charge in [-0.3, -0.25) is 0 Å². The summed E-state index contributed by atoms with van der Waals surface area (Å²) in [5.74, 6) is 0.544. The van der Waals surface area contributed by atoms with E-state index >= 15 is 0 Å². The summed E-state index contributed by atoms with van der Waals surface area (Å²) in [6.07, 6.45) is 0.855. The molecular formula is C20H21N5O2S. The Kier molecular flexibility index (Phi) is 4.69. The van der Waals surface area contributed by atoms with E-state index in [-0.39, 0.29) is 12.1 Å². The van der Waals surface area contributed by atoms with E-state index < -0.39 is 6.09 Å². The minimum atomic E-state index is -0.398. The normalized spacial score (nSPS) is 15.6. The number of fused-ring (bicyclic) bond motifs is 3. The highest BCUT2D eigenvalue weighted by Gasteiger charge is 2.30. The number of carbonyl (C=O) groups is 1. The lowest BCUT2D eigenvalue weighted by molar-refractivity contribution is 0.112. The number of nitriles is 1. The van der Waals surface area contributed by atoms with Crippen LogP contribution in [0.15, 0.2) is 23.7 Å². The van der Waals surface area contributed by atoms with Crippen LogP contribution >= 0.6 is 11.3 Å². The molecule has 8 heteroatoms. The SMILES string of the molecule is CC(C)OC(=O)N[C@H]1Cc2c(n(Cc3scnc3N)c3ccc(C#N)cc23)C1. The molecule has 0 aliphatic heterocycles. The van der Waals surface area contributed by atoms with E-state index in [0.717, 1.165) is 21.5 Å². The smallest absolute Gasteiger partial charge is 0.407 e. The molecule has 1 atom stereocenters. The zero-order valence-corrected chi connectivity index (χ0v) is 16.5. The first-order valence-corrected chi connectivity index (χ1v) is 10.0. The minimum absolute atomic E-state index is 0.0311. The van der Waals surface area contributed by atoms with Gasteiger partial charge in [0.25, 0.3) is 0 Å². The fourth-order valence-corrected chi connectivity index (χ4v) is 4.47. The van der Waals surface area contributed by atoms with Crippen LogP contribution in [0.1, 0.15) is 35.5 Å². The van der Waals surface area contributed by atoms with E-state index in [1.807, 2.05) is 32.0 Å². The fourth-order valence-electron chi connectivity index (χ4n) is 3.80. The summed E-state index contributed by atoms with van der Waals surface area (Å²) in [5, 5.41) is 13.3. The summed E-state index contributed by atoms with van der Waals surface area (Å²) >= 11 is 1.53. The number of ether oxygens (including phenoxy) is 1. The monoisotopic (exact) mass is 395 g/mol. The molecule has 1 aliphatic rings. The van der Waals surface area contributed by atoms with Crippen molar-refractivity contribution < 1.29 is 9.53 Å². The lowest BCUT2D eigenvalue weighted by atomic mass is 10.1. The molecule has 0 bridgehead atoms. The Morgan fingerprint density at radius 2 is 2.32 bits per heavy atom. The van der Waals surface area contributed by atoms with Gasteiger partial charge in [0.1, 0.15) is 5.82 Å². The largest absolute Gasteiger partial charge is 0.447 e. The van der Waals surface area contributed by atoms with Gasteiger partial charge in [0.2, 0.25) is 0 Å². The number of hydrogen-bond donors (Lipinski definition) is 2.